The summed E-state index contributed by atoms with van der Waals surface area (Å²) in [6.07, 6.45) is 14.9. The number of carbonyl (C=O) groups is 3. The molecule has 0 atom stereocenters. The molecule has 0 saturated carbocycles. The van der Waals surface area contributed by atoms with E-state index < -0.39 is 17.4 Å². The van der Waals surface area contributed by atoms with Crippen LogP contribution in [0.2, 0.25) is 0 Å². The van der Waals surface area contributed by atoms with Crippen LogP contribution in [-0.2, 0) is 14.3 Å². The molecular weight excluding hydrogens is 404 g/mol. The highest BCUT2D eigenvalue weighted by Crippen LogP contribution is 2.23. The van der Waals surface area contributed by atoms with Crippen molar-refractivity contribution in [2.24, 2.45) is 5.41 Å². The van der Waals surface area contributed by atoms with Crippen LogP contribution >= 0.6 is 0 Å². The summed E-state index contributed by atoms with van der Waals surface area (Å²) in [5, 5.41) is 0. The second-order valence-electron chi connectivity index (χ2n) is 9.12. The predicted octanol–water partition coefficient (Wildman–Crippen LogP) is 7.07. The Labute approximate surface area is 194 Å². The van der Waals surface area contributed by atoms with Gasteiger partial charge in [-0.05, 0) is 51.5 Å². The van der Waals surface area contributed by atoms with Crippen molar-refractivity contribution >= 4 is 17.7 Å². The molecule has 5 nitrogen and oxygen atoms in total. The number of hydrogen-bond acceptors (Lipinski definition) is 5. The van der Waals surface area contributed by atoms with E-state index in [2.05, 4.69) is 6.92 Å². The summed E-state index contributed by atoms with van der Waals surface area (Å²) < 4.78 is 10.6. The smallest absolute Gasteiger partial charge is 0.328 e. The van der Waals surface area contributed by atoms with E-state index in [0.717, 1.165) is 19.3 Å². The zero-order valence-electron chi connectivity index (χ0n) is 20.5. The van der Waals surface area contributed by atoms with Crippen LogP contribution in [0, 0.1) is 5.41 Å². The Morgan fingerprint density at radius 1 is 0.719 bits per heavy atom. The first kappa shape index (κ1) is 27.9. The molecule has 0 heterocycles. The quantitative estimate of drug-likeness (QED) is 0.0842. The van der Waals surface area contributed by atoms with Crippen LogP contribution < -0.4 is 4.74 Å². The van der Waals surface area contributed by atoms with Crippen LogP contribution in [0.15, 0.2) is 24.3 Å². The maximum atomic E-state index is 12.4. The second-order valence-corrected chi connectivity index (χ2v) is 9.12. The zero-order valence-corrected chi connectivity index (χ0v) is 20.5. The Morgan fingerprint density at radius 3 is 1.66 bits per heavy atom. The van der Waals surface area contributed by atoms with E-state index >= 15 is 0 Å². The summed E-state index contributed by atoms with van der Waals surface area (Å²) in [5.74, 6) is -1.02. The molecular formula is C27H42O5. The number of carbonyl (C=O) groups excluding carboxylic acids is 3. The normalized spacial score (nSPS) is 11.2. The summed E-state index contributed by atoms with van der Waals surface area (Å²) in [6, 6.07) is 6.26. The largest absolute Gasteiger partial charge is 0.465 e. The van der Waals surface area contributed by atoms with Gasteiger partial charge in [0, 0.05) is 5.56 Å². The molecule has 0 bridgehead atoms. The van der Waals surface area contributed by atoms with Gasteiger partial charge in [0.25, 0.3) is 0 Å². The Kier molecular flexibility index (Phi) is 13.6. The lowest BCUT2D eigenvalue weighted by atomic mass is 9.94. The molecule has 0 aliphatic carbocycles. The third kappa shape index (κ3) is 10.9. The number of ketones is 1. The average molecular weight is 447 g/mol. The predicted molar refractivity (Wildman–Crippen MR) is 128 cm³/mol. The SMILES string of the molecule is CCCCCCCCCCCCCCOC(=O)C(C)(C)C(=O)Oc1ccc(C(C)=O)cc1. The summed E-state index contributed by atoms with van der Waals surface area (Å²) in [5.41, 5.74) is -0.859. The molecule has 1 aromatic carbocycles. The third-order valence-corrected chi connectivity index (χ3v) is 5.72. The zero-order chi connectivity index (χ0) is 23.8. The van der Waals surface area contributed by atoms with Gasteiger partial charge >= 0.3 is 11.9 Å². The van der Waals surface area contributed by atoms with Gasteiger partial charge in [0.15, 0.2) is 11.2 Å². The van der Waals surface area contributed by atoms with Crippen molar-refractivity contribution in [3.63, 3.8) is 0 Å². The molecule has 0 N–H and O–H groups in total. The van der Waals surface area contributed by atoms with Gasteiger partial charge in [0.05, 0.1) is 6.61 Å². The van der Waals surface area contributed by atoms with Crippen molar-refractivity contribution in [3.05, 3.63) is 29.8 Å². The molecule has 0 amide bonds. The minimum Gasteiger partial charge on any atom is -0.465 e. The van der Waals surface area contributed by atoms with Crippen molar-refractivity contribution in [3.8, 4) is 5.75 Å². The highest BCUT2D eigenvalue weighted by molar-refractivity contribution is 6.00. The van der Waals surface area contributed by atoms with E-state index in [1.807, 2.05) is 0 Å². The highest BCUT2D eigenvalue weighted by Gasteiger charge is 2.39. The fourth-order valence-corrected chi connectivity index (χ4v) is 3.36. The van der Waals surface area contributed by atoms with Crippen LogP contribution in [0.25, 0.3) is 0 Å². The van der Waals surface area contributed by atoms with E-state index in [1.54, 1.807) is 24.3 Å². The molecule has 180 valence electrons. The van der Waals surface area contributed by atoms with E-state index in [9.17, 15) is 14.4 Å². The van der Waals surface area contributed by atoms with Crippen LogP contribution in [0.5, 0.6) is 5.75 Å². The number of ether oxygens (including phenoxy) is 2. The monoisotopic (exact) mass is 446 g/mol. The average Bonchev–Trinajstić information content (AvgIpc) is 2.77. The van der Waals surface area contributed by atoms with Gasteiger partial charge in [0.1, 0.15) is 5.75 Å². The minimum absolute atomic E-state index is 0.0652. The van der Waals surface area contributed by atoms with Crippen molar-refractivity contribution in [1.29, 1.82) is 0 Å². The standard InChI is InChI=1S/C27H42O5/c1-5-6-7-8-9-10-11-12-13-14-15-16-21-31-25(29)27(3,4)26(30)32-24-19-17-23(18-20-24)22(2)28/h17-20H,5-16,21H2,1-4H3. The van der Waals surface area contributed by atoms with E-state index in [4.69, 9.17) is 9.47 Å². The van der Waals surface area contributed by atoms with E-state index in [0.29, 0.717) is 17.9 Å². The fourth-order valence-electron chi connectivity index (χ4n) is 3.36. The lowest BCUT2D eigenvalue weighted by Gasteiger charge is -2.20. The topological polar surface area (TPSA) is 69.7 Å². The number of esters is 2. The molecule has 0 fully saturated rings. The first-order valence-corrected chi connectivity index (χ1v) is 12.3. The van der Waals surface area contributed by atoms with Gasteiger partial charge in [0.2, 0.25) is 0 Å². The molecule has 0 spiro atoms. The molecule has 0 aromatic heterocycles. The number of Topliss-reactive ketones (excluding diaryl/α,β-unsaturated/α-hetero) is 1. The number of unbranched alkanes of at least 4 members (excludes halogenated alkanes) is 11. The lowest BCUT2D eigenvalue weighted by molar-refractivity contribution is -0.164. The Hall–Kier alpha value is -2.17. The van der Waals surface area contributed by atoms with Crippen molar-refractivity contribution in [1.82, 2.24) is 0 Å². The summed E-state index contributed by atoms with van der Waals surface area (Å²) in [7, 11) is 0. The van der Waals surface area contributed by atoms with Crippen molar-refractivity contribution in [2.45, 2.75) is 105 Å². The number of benzene rings is 1. The molecule has 0 saturated heterocycles. The second kappa shape index (κ2) is 15.6. The molecule has 0 aliphatic rings. The molecule has 1 rings (SSSR count). The minimum atomic E-state index is -1.39. The van der Waals surface area contributed by atoms with Crippen LogP contribution in [-0.4, -0.2) is 24.3 Å². The van der Waals surface area contributed by atoms with Crippen molar-refractivity contribution < 1.29 is 23.9 Å². The Morgan fingerprint density at radius 2 is 1.19 bits per heavy atom. The maximum Gasteiger partial charge on any atom is 0.328 e. The van der Waals surface area contributed by atoms with Gasteiger partial charge in [-0.2, -0.15) is 0 Å². The van der Waals surface area contributed by atoms with Crippen LogP contribution in [0.1, 0.15) is 115 Å². The Bertz CT molecular complexity index is 691. The van der Waals surface area contributed by atoms with Gasteiger partial charge in [-0.3, -0.25) is 14.4 Å². The molecule has 0 unspecified atom stereocenters. The van der Waals surface area contributed by atoms with Crippen LogP contribution in [0.4, 0.5) is 0 Å². The highest BCUT2D eigenvalue weighted by atomic mass is 16.6. The summed E-state index contributed by atoms with van der Waals surface area (Å²) in [6.45, 7) is 7.04. The van der Waals surface area contributed by atoms with Gasteiger partial charge < -0.3 is 9.47 Å². The first-order valence-electron chi connectivity index (χ1n) is 12.3. The molecule has 5 heteroatoms. The molecule has 0 aliphatic heterocycles. The Balaban J connectivity index is 2.16. The van der Waals surface area contributed by atoms with E-state index in [1.165, 1.54) is 78.6 Å². The number of rotatable bonds is 17. The fraction of sp³-hybridized carbons (Fsp3) is 0.667. The number of hydrogen-bond donors (Lipinski definition) is 0. The molecule has 0 radical (unpaired) electrons. The summed E-state index contributed by atoms with van der Waals surface area (Å²) >= 11 is 0. The maximum absolute atomic E-state index is 12.4. The van der Waals surface area contributed by atoms with Gasteiger partial charge in [-0.25, -0.2) is 0 Å². The van der Waals surface area contributed by atoms with Gasteiger partial charge in [-0.15, -0.1) is 0 Å². The van der Waals surface area contributed by atoms with Crippen molar-refractivity contribution in [2.75, 3.05) is 6.61 Å². The lowest BCUT2D eigenvalue weighted by Crippen LogP contribution is -2.38. The molecule has 32 heavy (non-hydrogen) atoms. The van der Waals surface area contributed by atoms with E-state index in [-0.39, 0.29) is 5.78 Å². The van der Waals surface area contributed by atoms with Gasteiger partial charge in [-0.1, -0.05) is 77.6 Å². The molecule has 1 aromatic rings. The third-order valence-electron chi connectivity index (χ3n) is 5.72. The first-order chi connectivity index (χ1) is 15.3. The van der Waals surface area contributed by atoms with Crippen LogP contribution in [0.3, 0.4) is 0 Å². The summed E-state index contributed by atoms with van der Waals surface area (Å²) in [4.78, 5) is 36.1.